The Bertz CT molecular complexity index is 738. The highest BCUT2D eigenvalue weighted by Crippen LogP contribution is 2.15. The van der Waals surface area contributed by atoms with Crippen LogP contribution in [-0.4, -0.2) is 38.7 Å². The predicted octanol–water partition coefficient (Wildman–Crippen LogP) is 0.679. The van der Waals surface area contributed by atoms with Gasteiger partial charge in [-0.05, 0) is 41.1 Å². The summed E-state index contributed by atoms with van der Waals surface area (Å²) >= 11 is 0. The molecule has 4 rings (SSSR count). The number of hydrogen-bond acceptors (Lipinski definition) is 5. The van der Waals surface area contributed by atoms with E-state index in [4.69, 9.17) is 18.6 Å². The van der Waals surface area contributed by atoms with Crippen LogP contribution >= 0.6 is 0 Å². The van der Waals surface area contributed by atoms with Crippen molar-refractivity contribution in [3.05, 3.63) is 58.9 Å². The van der Waals surface area contributed by atoms with Gasteiger partial charge in [-0.1, -0.05) is 29.8 Å². The van der Waals surface area contributed by atoms with Crippen molar-refractivity contribution in [3.63, 3.8) is 0 Å². The minimum atomic E-state index is -0.818. The largest absolute Gasteiger partial charge is 0.494 e. The van der Waals surface area contributed by atoms with Crippen LogP contribution < -0.4 is 10.9 Å². The number of aryl methyl sites for hydroxylation is 1. The number of fused-ring (bicyclic) bond motifs is 2. The van der Waals surface area contributed by atoms with E-state index in [1.165, 1.54) is 17.7 Å². The van der Waals surface area contributed by atoms with Gasteiger partial charge in [-0.2, -0.15) is 0 Å². The van der Waals surface area contributed by atoms with E-state index in [0.717, 1.165) is 22.1 Å². The number of hydrogen-bond donors (Lipinski definition) is 1. The molecule has 0 fully saturated rings. The first kappa shape index (κ1) is 17.7. The van der Waals surface area contributed by atoms with Gasteiger partial charge >= 0.3 is 14.2 Å². The molecule has 2 aromatic carbocycles. The van der Waals surface area contributed by atoms with Gasteiger partial charge in [0.1, 0.15) is 5.82 Å². The van der Waals surface area contributed by atoms with Crippen molar-refractivity contribution in [3.8, 4) is 0 Å². The van der Waals surface area contributed by atoms with Crippen molar-refractivity contribution in [2.24, 2.45) is 0 Å². The first-order valence-electron chi connectivity index (χ1n) is 8.62. The molecule has 0 saturated heterocycles. The first-order chi connectivity index (χ1) is 12.6. The van der Waals surface area contributed by atoms with Crippen LogP contribution in [0.15, 0.2) is 36.4 Å². The Morgan fingerprint density at radius 3 is 2.23 bits per heavy atom. The quantitative estimate of drug-likeness (QED) is 0.772. The molecule has 26 heavy (non-hydrogen) atoms. The molecule has 134 valence electrons. The molecule has 2 aromatic rings. The molecule has 0 amide bonds. The van der Waals surface area contributed by atoms with Crippen LogP contribution in [0, 0.1) is 12.7 Å². The molecule has 0 bridgehead atoms. The van der Waals surface area contributed by atoms with Crippen molar-refractivity contribution < 1.29 is 28.1 Å². The fourth-order valence-corrected chi connectivity index (χ4v) is 3.25. The summed E-state index contributed by atoms with van der Waals surface area (Å²) in [4.78, 5) is 0. The number of aliphatic hydroxyl groups is 1. The third kappa shape index (κ3) is 3.70. The van der Waals surface area contributed by atoms with Crippen molar-refractivity contribution in [1.29, 1.82) is 0 Å². The smallest absolute Gasteiger partial charge is 0.404 e. The van der Waals surface area contributed by atoms with Gasteiger partial charge in [-0.3, -0.25) is 0 Å². The van der Waals surface area contributed by atoms with Gasteiger partial charge in [0.15, 0.2) is 0 Å². The second-order valence-electron chi connectivity index (χ2n) is 6.65. The number of rotatable bonds is 6. The topological polar surface area (TPSA) is 57.2 Å². The van der Waals surface area contributed by atoms with Crippen LogP contribution in [0.1, 0.15) is 16.7 Å². The maximum atomic E-state index is 13.2. The van der Waals surface area contributed by atoms with Crippen LogP contribution in [0.5, 0.6) is 0 Å². The summed E-state index contributed by atoms with van der Waals surface area (Å²) in [6.45, 7) is 2.98. The van der Waals surface area contributed by atoms with Gasteiger partial charge in [0.2, 0.25) is 0 Å². The molecule has 8 heteroatoms. The Labute approximate surface area is 152 Å². The standard InChI is InChI=1S/C18H19B2FO5/c1-12-2-4-17-13(6-12)8-23-19(17)25-10-16(22)11-26-20-18-5-3-15(21)7-14(18)9-24-20/h2-7,16,22H,8-11H2,1H3. The minimum Gasteiger partial charge on any atom is -0.404 e. The van der Waals surface area contributed by atoms with E-state index < -0.39 is 20.3 Å². The third-order valence-electron chi connectivity index (χ3n) is 4.57. The van der Waals surface area contributed by atoms with Crippen molar-refractivity contribution in [1.82, 2.24) is 0 Å². The van der Waals surface area contributed by atoms with Gasteiger partial charge < -0.3 is 23.7 Å². The zero-order valence-electron chi connectivity index (χ0n) is 14.5. The summed E-state index contributed by atoms with van der Waals surface area (Å²) in [7, 11) is -1.06. The molecule has 2 aliphatic rings. The average Bonchev–Trinajstić information content (AvgIpc) is 3.21. The zero-order chi connectivity index (χ0) is 18.1. The monoisotopic (exact) mass is 356 g/mol. The lowest BCUT2D eigenvalue weighted by Crippen LogP contribution is -2.39. The van der Waals surface area contributed by atoms with Crippen LogP contribution in [0.2, 0.25) is 0 Å². The Hall–Kier alpha value is -1.70. The number of aliphatic hydroxyl groups excluding tert-OH is 1. The highest BCUT2D eigenvalue weighted by atomic mass is 19.1. The second kappa shape index (κ2) is 7.50. The first-order valence-corrected chi connectivity index (χ1v) is 8.62. The molecule has 0 aromatic heterocycles. The predicted molar refractivity (Wildman–Crippen MR) is 95.8 cm³/mol. The molecule has 1 unspecified atom stereocenters. The Kier molecular flexibility index (Phi) is 5.11. The normalized spacial score (nSPS) is 16.7. The van der Waals surface area contributed by atoms with Gasteiger partial charge in [-0.25, -0.2) is 4.39 Å². The molecule has 5 nitrogen and oxygen atoms in total. The minimum absolute atomic E-state index is 0.0506. The molecule has 2 aliphatic heterocycles. The molecule has 2 heterocycles. The fraction of sp³-hybridized carbons (Fsp3) is 0.333. The maximum Gasteiger partial charge on any atom is 0.494 e. The lowest BCUT2D eigenvalue weighted by Gasteiger charge is -2.16. The molecule has 0 radical (unpaired) electrons. The van der Waals surface area contributed by atoms with E-state index in [9.17, 15) is 9.50 Å². The van der Waals surface area contributed by atoms with E-state index in [1.807, 2.05) is 19.1 Å². The molecule has 0 spiro atoms. The second-order valence-corrected chi connectivity index (χ2v) is 6.65. The Balaban J connectivity index is 1.27. The van der Waals surface area contributed by atoms with E-state index in [1.54, 1.807) is 6.07 Å². The van der Waals surface area contributed by atoms with Crippen LogP contribution in [0.25, 0.3) is 0 Å². The maximum absolute atomic E-state index is 13.2. The molecule has 1 N–H and O–H groups in total. The van der Waals surface area contributed by atoms with Crippen molar-refractivity contribution >= 4 is 25.2 Å². The van der Waals surface area contributed by atoms with Gasteiger partial charge in [-0.15, -0.1) is 0 Å². The van der Waals surface area contributed by atoms with E-state index in [-0.39, 0.29) is 19.0 Å². The Morgan fingerprint density at radius 2 is 1.58 bits per heavy atom. The zero-order valence-corrected chi connectivity index (χ0v) is 14.5. The Morgan fingerprint density at radius 1 is 1.00 bits per heavy atom. The van der Waals surface area contributed by atoms with Crippen molar-refractivity contribution in [2.45, 2.75) is 26.2 Å². The van der Waals surface area contributed by atoms with Crippen LogP contribution in [0.4, 0.5) is 4.39 Å². The molecular formula is C18H19B2FO5. The van der Waals surface area contributed by atoms with Crippen LogP contribution in [0.3, 0.4) is 0 Å². The summed E-state index contributed by atoms with van der Waals surface area (Å²) in [5.74, 6) is -0.298. The van der Waals surface area contributed by atoms with Gasteiger partial charge in [0, 0.05) is 0 Å². The van der Waals surface area contributed by atoms with Crippen molar-refractivity contribution in [2.75, 3.05) is 13.2 Å². The summed E-state index contributed by atoms with van der Waals surface area (Å²) in [6.07, 6.45) is -0.818. The third-order valence-corrected chi connectivity index (χ3v) is 4.57. The van der Waals surface area contributed by atoms with Gasteiger partial charge in [0.25, 0.3) is 0 Å². The van der Waals surface area contributed by atoms with Gasteiger partial charge in [0.05, 0.1) is 32.5 Å². The lowest BCUT2D eigenvalue weighted by molar-refractivity contribution is 0.0443. The van der Waals surface area contributed by atoms with Crippen LogP contribution in [-0.2, 0) is 31.8 Å². The summed E-state index contributed by atoms with van der Waals surface area (Å²) in [6, 6.07) is 10.6. The molecule has 1 atom stereocenters. The van der Waals surface area contributed by atoms with E-state index in [0.29, 0.717) is 13.2 Å². The summed E-state index contributed by atoms with van der Waals surface area (Å²) < 4.78 is 35.6. The molecule has 0 saturated carbocycles. The number of benzene rings is 2. The average molecular weight is 356 g/mol. The summed E-state index contributed by atoms with van der Waals surface area (Å²) in [5, 5.41) is 10.1. The highest BCUT2D eigenvalue weighted by Gasteiger charge is 2.33. The fourth-order valence-electron chi connectivity index (χ4n) is 3.25. The summed E-state index contributed by atoms with van der Waals surface area (Å²) in [5.41, 5.74) is 4.86. The highest BCUT2D eigenvalue weighted by molar-refractivity contribution is 6.63. The van der Waals surface area contributed by atoms with E-state index >= 15 is 0 Å². The SMILES string of the molecule is Cc1ccc2c(c1)COB2OCC(O)COB1OCc2cc(F)ccc21. The molecular weight excluding hydrogens is 337 g/mol. The lowest BCUT2D eigenvalue weighted by atomic mass is 9.78. The molecule has 0 aliphatic carbocycles. The van der Waals surface area contributed by atoms with E-state index in [2.05, 4.69) is 6.07 Å². The number of halogens is 1.